The number of aromatic amines is 1. The minimum atomic E-state index is -0.467. The molecule has 25 heavy (non-hydrogen) atoms. The van der Waals surface area contributed by atoms with E-state index in [0.717, 1.165) is 42.3 Å². The minimum Gasteiger partial charge on any atom is -0.387 e. The van der Waals surface area contributed by atoms with Gasteiger partial charge in [0.25, 0.3) is 0 Å². The molecule has 1 fully saturated rings. The van der Waals surface area contributed by atoms with E-state index in [2.05, 4.69) is 26.9 Å². The second kappa shape index (κ2) is 7.08. The summed E-state index contributed by atoms with van der Waals surface area (Å²) in [5.74, 6) is 0. The van der Waals surface area contributed by atoms with Crippen LogP contribution in [0.3, 0.4) is 0 Å². The van der Waals surface area contributed by atoms with Crippen LogP contribution in [0.4, 0.5) is 5.69 Å². The number of halogens is 1. The van der Waals surface area contributed by atoms with Crippen molar-refractivity contribution in [2.24, 2.45) is 0 Å². The van der Waals surface area contributed by atoms with Gasteiger partial charge in [-0.05, 0) is 41.3 Å². The molecule has 3 aromatic rings. The molecule has 4 rings (SSSR count). The lowest BCUT2D eigenvalue weighted by molar-refractivity contribution is 0.109. The van der Waals surface area contributed by atoms with Crippen LogP contribution in [0.15, 0.2) is 54.7 Å². The molecule has 0 unspecified atom stereocenters. The van der Waals surface area contributed by atoms with Crippen molar-refractivity contribution < 1.29 is 5.11 Å². The van der Waals surface area contributed by atoms with Gasteiger partial charge in [0.05, 0.1) is 6.10 Å². The van der Waals surface area contributed by atoms with Gasteiger partial charge < -0.3 is 15.0 Å². The van der Waals surface area contributed by atoms with E-state index in [9.17, 15) is 5.11 Å². The van der Waals surface area contributed by atoms with Crippen LogP contribution in [-0.2, 0) is 0 Å². The van der Waals surface area contributed by atoms with Crippen LogP contribution < -0.4 is 4.90 Å². The molecule has 0 spiro atoms. The molecular weight excluding hydrogens is 334 g/mol. The lowest BCUT2D eigenvalue weighted by atomic mass is 10.1. The third-order valence-corrected chi connectivity index (χ3v) is 5.18. The quantitative estimate of drug-likeness (QED) is 0.750. The van der Waals surface area contributed by atoms with Gasteiger partial charge in [0.2, 0.25) is 0 Å². The summed E-state index contributed by atoms with van der Waals surface area (Å²) in [7, 11) is 0. The first kappa shape index (κ1) is 16.5. The minimum absolute atomic E-state index is 0.467. The third kappa shape index (κ3) is 3.66. The highest BCUT2D eigenvalue weighted by molar-refractivity contribution is 6.30. The Morgan fingerprint density at radius 2 is 1.88 bits per heavy atom. The molecule has 0 aliphatic carbocycles. The van der Waals surface area contributed by atoms with Crippen molar-refractivity contribution in [3.05, 3.63) is 65.3 Å². The highest BCUT2D eigenvalue weighted by Gasteiger charge is 2.20. The van der Waals surface area contributed by atoms with Crippen LogP contribution in [0.5, 0.6) is 0 Å². The predicted molar refractivity (Wildman–Crippen MR) is 103 cm³/mol. The lowest BCUT2D eigenvalue weighted by Crippen LogP contribution is -2.47. The standard InChI is InChI=1S/C20H22ClN3O/c21-17-2-1-3-18(13-17)24-10-8-23(9-11-24)14-20(25)16-5-4-15-6-7-22-19(15)12-16/h1-7,12-13,20,22,25H,8-11,14H2/t20-/m1/s1. The van der Waals surface area contributed by atoms with E-state index in [0.29, 0.717) is 6.54 Å². The molecule has 0 bridgehead atoms. The molecule has 2 N–H and O–H groups in total. The number of aliphatic hydroxyl groups excluding tert-OH is 1. The molecule has 1 aliphatic heterocycles. The summed E-state index contributed by atoms with van der Waals surface area (Å²) in [6.45, 7) is 4.43. The second-order valence-electron chi connectivity index (χ2n) is 6.61. The zero-order valence-corrected chi connectivity index (χ0v) is 14.8. The second-order valence-corrected chi connectivity index (χ2v) is 7.04. The number of β-amino-alcohol motifs (C(OH)–C–C–N with tert-alkyl or cyclic N) is 1. The van der Waals surface area contributed by atoms with Crippen LogP contribution >= 0.6 is 11.6 Å². The van der Waals surface area contributed by atoms with Crippen molar-refractivity contribution in [3.8, 4) is 0 Å². The normalized spacial score (nSPS) is 17.1. The number of fused-ring (bicyclic) bond motifs is 1. The zero-order valence-electron chi connectivity index (χ0n) is 14.0. The molecule has 2 heterocycles. The molecule has 2 aromatic carbocycles. The number of aliphatic hydroxyl groups is 1. The fourth-order valence-electron chi connectivity index (χ4n) is 3.48. The van der Waals surface area contributed by atoms with E-state index in [-0.39, 0.29) is 0 Å². The SMILES string of the molecule is O[C@H](CN1CCN(c2cccc(Cl)c2)CC1)c1ccc2cc[nH]c2c1. The Bertz CT molecular complexity index is 855. The molecule has 1 atom stereocenters. The van der Waals surface area contributed by atoms with Gasteiger partial charge >= 0.3 is 0 Å². The highest BCUT2D eigenvalue weighted by atomic mass is 35.5. The van der Waals surface area contributed by atoms with E-state index in [1.807, 2.05) is 42.6 Å². The molecule has 0 saturated carbocycles. The maximum atomic E-state index is 10.6. The first-order valence-electron chi connectivity index (χ1n) is 8.67. The van der Waals surface area contributed by atoms with Crippen LogP contribution in [-0.4, -0.2) is 47.7 Å². The van der Waals surface area contributed by atoms with Crippen molar-refractivity contribution in [1.82, 2.24) is 9.88 Å². The Hall–Kier alpha value is -2.01. The fraction of sp³-hybridized carbons (Fsp3) is 0.300. The molecule has 4 nitrogen and oxygen atoms in total. The molecular formula is C20H22ClN3O. The first-order chi connectivity index (χ1) is 12.2. The maximum Gasteiger partial charge on any atom is 0.0917 e. The van der Waals surface area contributed by atoms with E-state index in [1.165, 1.54) is 11.1 Å². The monoisotopic (exact) mass is 355 g/mol. The van der Waals surface area contributed by atoms with Gasteiger partial charge in [0, 0.05) is 55.1 Å². The molecule has 5 heteroatoms. The van der Waals surface area contributed by atoms with Gasteiger partial charge in [-0.25, -0.2) is 0 Å². The third-order valence-electron chi connectivity index (χ3n) is 4.94. The van der Waals surface area contributed by atoms with Crippen LogP contribution in [0.2, 0.25) is 5.02 Å². The molecule has 0 amide bonds. The fourth-order valence-corrected chi connectivity index (χ4v) is 3.67. The van der Waals surface area contributed by atoms with E-state index >= 15 is 0 Å². The smallest absolute Gasteiger partial charge is 0.0917 e. The Labute approximate surface area is 152 Å². The van der Waals surface area contributed by atoms with Gasteiger partial charge in [0.1, 0.15) is 0 Å². The maximum absolute atomic E-state index is 10.6. The number of rotatable bonds is 4. The van der Waals surface area contributed by atoms with E-state index in [4.69, 9.17) is 11.6 Å². The van der Waals surface area contributed by atoms with Gasteiger partial charge in [0.15, 0.2) is 0 Å². The number of hydrogen-bond donors (Lipinski definition) is 2. The number of piperazine rings is 1. The van der Waals surface area contributed by atoms with Crippen LogP contribution in [0.1, 0.15) is 11.7 Å². The number of nitrogens with zero attached hydrogens (tertiary/aromatic N) is 2. The van der Waals surface area contributed by atoms with E-state index in [1.54, 1.807) is 0 Å². The number of benzene rings is 2. The zero-order chi connectivity index (χ0) is 17.2. The Morgan fingerprint density at radius 3 is 2.68 bits per heavy atom. The summed E-state index contributed by atoms with van der Waals surface area (Å²) in [6, 6.07) is 16.2. The molecule has 0 radical (unpaired) electrons. The molecule has 130 valence electrons. The first-order valence-corrected chi connectivity index (χ1v) is 9.05. The highest BCUT2D eigenvalue weighted by Crippen LogP contribution is 2.23. The summed E-state index contributed by atoms with van der Waals surface area (Å²) >= 11 is 6.09. The van der Waals surface area contributed by atoms with Gasteiger partial charge in [-0.2, -0.15) is 0 Å². The van der Waals surface area contributed by atoms with E-state index < -0.39 is 6.10 Å². The van der Waals surface area contributed by atoms with Crippen LogP contribution in [0, 0.1) is 0 Å². The Kier molecular flexibility index (Phi) is 4.66. The lowest BCUT2D eigenvalue weighted by Gasteiger charge is -2.37. The molecule has 1 aromatic heterocycles. The molecule has 1 aliphatic rings. The Balaban J connectivity index is 1.36. The number of aromatic nitrogens is 1. The Morgan fingerprint density at radius 1 is 1.04 bits per heavy atom. The number of nitrogens with one attached hydrogen (secondary N) is 1. The van der Waals surface area contributed by atoms with Crippen molar-refractivity contribution >= 4 is 28.2 Å². The topological polar surface area (TPSA) is 42.5 Å². The summed E-state index contributed by atoms with van der Waals surface area (Å²) < 4.78 is 0. The molecule has 1 saturated heterocycles. The van der Waals surface area contributed by atoms with Gasteiger partial charge in [-0.3, -0.25) is 4.90 Å². The average Bonchev–Trinajstić information content (AvgIpc) is 3.10. The number of anilines is 1. The number of hydrogen-bond acceptors (Lipinski definition) is 3. The summed E-state index contributed by atoms with van der Waals surface area (Å²) in [5.41, 5.74) is 3.21. The van der Waals surface area contributed by atoms with Crippen molar-refractivity contribution in [1.29, 1.82) is 0 Å². The van der Waals surface area contributed by atoms with Crippen LogP contribution in [0.25, 0.3) is 10.9 Å². The average molecular weight is 356 g/mol. The van der Waals surface area contributed by atoms with Gasteiger partial charge in [-0.1, -0.05) is 29.8 Å². The van der Waals surface area contributed by atoms with Crippen molar-refractivity contribution in [2.45, 2.75) is 6.10 Å². The summed E-state index contributed by atoms with van der Waals surface area (Å²) in [6.07, 6.45) is 1.46. The summed E-state index contributed by atoms with van der Waals surface area (Å²) in [5, 5.41) is 12.5. The van der Waals surface area contributed by atoms with Gasteiger partial charge in [-0.15, -0.1) is 0 Å². The predicted octanol–water partition coefficient (Wildman–Crippen LogP) is 3.68. The summed E-state index contributed by atoms with van der Waals surface area (Å²) in [4.78, 5) is 7.88. The van der Waals surface area contributed by atoms with Crippen molar-refractivity contribution in [3.63, 3.8) is 0 Å². The van der Waals surface area contributed by atoms with Crippen molar-refractivity contribution in [2.75, 3.05) is 37.6 Å². The number of H-pyrrole nitrogens is 1. The largest absolute Gasteiger partial charge is 0.387 e.